The van der Waals surface area contributed by atoms with Gasteiger partial charge in [0.15, 0.2) is 0 Å². The second-order valence-corrected chi connectivity index (χ2v) is 4.64. The van der Waals surface area contributed by atoms with Crippen molar-refractivity contribution >= 4 is 5.82 Å². The van der Waals surface area contributed by atoms with E-state index < -0.39 is 0 Å². The summed E-state index contributed by atoms with van der Waals surface area (Å²) in [6, 6.07) is 0. The maximum Gasteiger partial charge on any atom is 0.146 e. The van der Waals surface area contributed by atoms with E-state index in [-0.39, 0.29) is 5.41 Å². The number of rotatable bonds is 2. The van der Waals surface area contributed by atoms with Crippen LogP contribution in [0.3, 0.4) is 0 Å². The van der Waals surface area contributed by atoms with Gasteiger partial charge in [-0.1, -0.05) is 34.1 Å². The first-order valence-electron chi connectivity index (χ1n) is 5.00. The molecule has 0 fully saturated rings. The number of aromatic nitrogens is 2. The van der Waals surface area contributed by atoms with Gasteiger partial charge in [-0.15, -0.1) is 0 Å². The lowest BCUT2D eigenvalue weighted by Crippen LogP contribution is -2.24. The monoisotopic (exact) mass is 196 g/mol. The number of hydrogen-bond donors (Lipinski definition) is 2. The number of nitrogen functional groups attached to an aromatic ring is 2. The Bertz CT molecular complexity index is 320. The fourth-order valence-corrected chi connectivity index (χ4v) is 1.44. The fourth-order valence-electron chi connectivity index (χ4n) is 1.44. The minimum Gasteiger partial charge on any atom is -0.382 e. The summed E-state index contributed by atoms with van der Waals surface area (Å²) in [4.78, 5) is 4.48. The van der Waals surface area contributed by atoms with Gasteiger partial charge in [-0.2, -0.15) is 0 Å². The van der Waals surface area contributed by atoms with E-state index in [2.05, 4.69) is 32.7 Å². The van der Waals surface area contributed by atoms with Gasteiger partial charge < -0.3 is 11.6 Å². The third kappa shape index (κ3) is 1.84. The van der Waals surface area contributed by atoms with Crippen LogP contribution in [-0.2, 0) is 11.8 Å². The molecular formula is C10H20N4. The van der Waals surface area contributed by atoms with Crippen LogP contribution in [0.1, 0.15) is 45.6 Å². The van der Waals surface area contributed by atoms with Gasteiger partial charge in [0, 0.05) is 5.41 Å². The molecule has 0 unspecified atom stereocenters. The van der Waals surface area contributed by atoms with E-state index in [0.29, 0.717) is 5.82 Å². The Morgan fingerprint density at radius 3 is 2.29 bits per heavy atom. The van der Waals surface area contributed by atoms with Crippen molar-refractivity contribution in [2.45, 2.75) is 46.0 Å². The molecule has 1 aromatic heterocycles. The van der Waals surface area contributed by atoms with Crippen LogP contribution in [0.25, 0.3) is 0 Å². The zero-order chi connectivity index (χ0) is 10.9. The van der Waals surface area contributed by atoms with Gasteiger partial charge in [0.2, 0.25) is 0 Å². The minimum absolute atomic E-state index is 0.0607. The highest BCUT2D eigenvalue weighted by Crippen LogP contribution is 2.24. The van der Waals surface area contributed by atoms with E-state index in [1.165, 1.54) is 4.68 Å². The Labute approximate surface area is 85.3 Å². The molecule has 80 valence electrons. The molecule has 0 aliphatic carbocycles. The molecule has 0 spiro atoms. The van der Waals surface area contributed by atoms with Gasteiger partial charge in [0.1, 0.15) is 11.6 Å². The van der Waals surface area contributed by atoms with Crippen LogP contribution in [0.2, 0.25) is 0 Å². The van der Waals surface area contributed by atoms with Crippen LogP contribution in [0, 0.1) is 0 Å². The summed E-state index contributed by atoms with van der Waals surface area (Å²) in [5, 5.41) is 0. The Kier molecular flexibility index (Phi) is 2.73. The molecule has 0 saturated heterocycles. The Hall–Kier alpha value is -1.19. The lowest BCUT2D eigenvalue weighted by molar-refractivity contribution is 0.530. The molecular weight excluding hydrogens is 176 g/mol. The second-order valence-electron chi connectivity index (χ2n) is 4.64. The molecule has 4 N–H and O–H groups in total. The first kappa shape index (κ1) is 10.9. The maximum atomic E-state index is 5.86. The molecule has 0 aliphatic heterocycles. The zero-order valence-corrected chi connectivity index (χ0v) is 9.46. The lowest BCUT2D eigenvalue weighted by atomic mass is 9.96. The van der Waals surface area contributed by atoms with Gasteiger partial charge in [-0.3, -0.25) is 0 Å². The van der Waals surface area contributed by atoms with Crippen molar-refractivity contribution in [3.63, 3.8) is 0 Å². The largest absolute Gasteiger partial charge is 0.382 e. The molecule has 4 heteroatoms. The van der Waals surface area contributed by atoms with E-state index in [4.69, 9.17) is 11.6 Å². The minimum atomic E-state index is -0.0607. The molecule has 1 heterocycles. The SMILES string of the molecule is CCCc1nc(C(C)(C)C)n(N)c1N. The van der Waals surface area contributed by atoms with Gasteiger partial charge >= 0.3 is 0 Å². The first-order valence-corrected chi connectivity index (χ1v) is 5.00. The normalized spacial score (nSPS) is 12.0. The molecule has 0 saturated carbocycles. The molecule has 0 atom stereocenters. The van der Waals surface area contributed by atoms with Crippen LogP contribution >= 0.6 is 0 Å². The number of imidazole rings is 1. The van der Waals surface area contributed by atoms with Crippen molar-refractivity contribution in [1.29, 1.82) is 0 Å². The standard InChI is InChI=1S/C10H20N4/c1-5-6-7-8(11)14(12)9(13-7)10(2,3)4/h5-6,11-12H2,1-4H3. The number of aryl methyl sites for hydroxylation is 1. The molecule has 0 amide bonds. The average molecular weight is 196 g/mol. The van der Waals surface area contributed by atoms with E-state index in [1.54, 1.807) is 0 Å². The van der Waals surface area contributed by atoms with Gasteiger partial charge in [0.25, 0.3) is 0 Å². The van der Waals surface area contributed by atoms with Crippen molar-refractivity contribution in [2.24, 2.45) is 0 Å². The third-order valence-corrected chi connectivity index (χ3v) is 2.18. The van der Waals surface area contributed by atoms with Crippen molar-refractivity contribution < 1.29 is 0 Å². The first-order chi connectivity index (χ1) is 6.38. The van der Waals surface area contributed by atoms with E-state index in [0.717, 1.165) is 24.4 Å². The highest BCUT2D eigenvalue weighted by atomic mass is 15.4. The summed E-state index contributed by atoms with van der Waals surface area (Å²) in [7, 11) is 0. The van der Waals surface area contributed by atoms with Crippen molar-refractivity contribution in [3.05, 3.63) is 11.5 Å². The predicted molar refractivity (Wildman–Crippen MR) is 59.5 cm³/mol. The average Bonchev–Trinajstić information content (AvgIpc) is 2.32. The van der Waals surface area contributed by atoms with E-state index in [1.807, 2.05) is 0 Å². The third-order valence-electron chi connectivity index (χ3n) is 2.18. The fraction of sp³-hybridized carbons (Fsp3) is 0.700. The lowest BCUT2D eigenvalue weighted by Gasteiger charge is -2.17. The molecule has 0 bridgehead atoms. The highest BCUT2D eigenvalue weighted by molar-refractivity contribution is 5.39. The molecule has 0 aromatic carbocycles. The predicted octanol–water partition coefficient (Wildman–Crippen LogP) is 1.43. The van der Waals surface area contributed by atoms with E-state index in [9.17, 15) is 0 Å². The van der Waals surface area contributed by atoms with Gasteiger partial charge in [-0.05, 0) is 6.42 Å². The summed E-state index contributed by atoms with van der Waals surface area (Å²) >= 11 is 0. The van der Waals surface area contributed by atoms with E-state index >= 15 is 0 Å². The molecule has 1 aromatic rings. The Morgan fingerprint density at radius 1 is 1.36 bits per heavy atom. The maximum absolute atomic E-state index is 5.86. The summed E-state index contributed by atoms with van der Waals surface area (Å²) in [6.07, 6.45) is 1.92. The quantitative estimate of drug-likeness (QED) is 0.703. The molecule has 14 heavy (non-hydrogen) atoms. The van der Waals surface area contributed by atoms with Crippen molar-refractivity contribution in [2.75, 3.05) is 11.6 Å². The van der Waals surface area contributed by atoms with Gasteiger partial charge in [0.05, 0.1) is 5.69 Å². The summed E-state index contributed by atoms with van der Waals surface area (Å²) in [5.74, 6) is 7.29. The summed E-state index contributed by atoms with van der Waals surface area (Å²) < 4.78 is 1.50. The van der Waals surface area contributed by atoms with Gasteiger partial charge in [-0.25, -0.2) is 9.66 Å². The van der Waals surface area contributed by atoms with Crippen LogP contribution in [-0.4, -0.2) is 9.66 Å². The number of nitrogens with two attached hydrogens (primary N) is 2. The summed E-state index contributed by atoms with van der Waals surface area (Å²) in [5.41, 5.74) is 6.72. The number of nitrogens with zero attached hydrogens (tertiary/aromatic N) is 2. The molecule has 4 nitrogen and oxygen atoms in total. The second kappa shape index (κ2) is 3.52. The molecule has 1 rings (SSSR count). The number of anilines is 1. The van der Waals surface area contributed by atoms with Crippen LogP contribution in [0.5, 0.6) is 0 Å². The van der Waals surface area contributed by atoms with Crippen LogP contribution in [0.15, 0.2) is 0 Å². The Morgan fingerprint density at radius 2 is 1.93 bits per heavy atom. The molecule has 0 aliphatic rings. The Balaban J connectivity index is 3.15. The zero-order valence-electron chi connectivity index (χ0n) is 9.46. The van der Waals surface area contributed by atoms with Crippen molar-refractivity contribution in [1.82, 2.24) is 9.66 Å². The topological polar surface area (TPSA) is 69.9 Å². The highest BCUT2D eigenvalue weighted by Gasteiger charge is 2.23. The van der Waals surface area contributed by atoms with Crippen molar-refractivity contribution in [3.8, 4) is 0 Å². The van der Waals surface area contributed by atoms with Crippen LogP contribution in [0.4, 0.5) is 5.82 Å². The molecule has 0 radical (unpaired) electrons. The van der Waals surface area contributed by atoms with Crippen LogP contribution < -0.4 is 11.6 Å². The number of hydrogen-bond acceptors (Lipinski definition) is 3. The smallest absolute Gasteiger partial charge is 0.146 e. The summed E-state index contributed by atoms with van der Waals surface area (Å²) in [6.45, 7) is 8.33.